The van der Waals surface area contributed by atoms with Crippen LogP contribution in [0.15, 0.2) is 53.4 Å². The highest BCUT2D eigenvalue weighted by molar-refractivity contribution is 7.99. The number of halogens is 2. The van der Waals surface area contributed by atoms with Gasteiger partial charge in [0.05, 0.1) is 0 Å². The molecule has 0 saturated heterocycles. The SMILES string of the molecule is Cl.Clc1ccc(SCCCNC2C3CC4CC(C3)CC2C4)c(-c2ccccc2)c1. The average molecular weight is 449 g/mol. The van der Waals surface area contributed by atoms with E-state index in [4.69, 9.17) is 11.6 Å². The smallest absolute Gasteiger partial charge is 0.0412 e. The lowest BCUT2D eigenvalue weighted by Crippen LogP contribution is -2.54. The Labute approximate surface area is 190 Å². The van der Waals surface area contributed by atoms with E-state index in [1.165, 1.54) is 48.1 Å². The molecule has 4 bridgehead atoms. The largest absolute Gasteiger partial charge is 0.313 e. The summed E-state index contributed by atoms with van der Waals surface area (Å²) in [6.07, 6.45) is 8.79. The molecule has 0 amide bonds. The van der Waals surface area contributed by atoms with Crippen LogP contribution >= 0.6 is 35.8 Å². The highest BCUT2D eigenvalue weighted by atomic mass is 35.5. The van der Waals surface area contributed by atoms with Gasteiger partial charge < -0.3 is 5.32 Å². The molecule has 0 heterocycles. The molecule has 0 unspecified atom stereocenters. The molecular weight excluding hydrogens is 417 g/mol. The maximum Gasteiger partial charge on any atom is 0.0412 e. The third-order valence-electron chi connectivity index (χ3n) is 7.21. The second-order valence-corrected chi connectivity index (χ2v) is 10.7. The zero-order chi connectivity index (χ0) is 18.9. The molecule has 2 aromatic rings. The highest BCUT2D eigenvalue weighted by Crippen LogP contribution is 2.53. The maximum absolute atomic E-state index is 6.28. The minimum absolute atomic E-state index is 0. The lowest BCUT2D eigenvalue weighted by Gasteiger charge is -2.54. The van der Waals surface area contributed by atoms with Gasteiger partial charge in [-0.1, -0.05) is 41.9 Å². The van der Waals surface area contributed by atoms with Crippen molar-refractivity contribution in [2.45, 2.75) is 49.5 Å². The zero-order valence-electron chi connectivity index (χ0n) is 16.9. The van der Waals surface area contributed by atoms with Gasteiger partial charge in [-0.3, -0.25) is 0 Å². The molecule has 0 atom stereocenters. The average Bonchev–Trinajstić information content (AvgIpc) is 2.70. The van der Waals surface area contributed by atoms with Crippen molar-refractivity contribution >= 4 is 35.8 Å². The summed E-state index contributed by atoms with van der Waals surface area (Å²) in [6.45, 7) is 1.16. The Morgan fingerprint density at radius 3 is 2.28 bits per heavy atom. The van der Waals surface area contributed by atoms with Gasteiger partial charge in [0, 0.05) is 16.0 Å². The van der Waals surface area contributed by atoms with Crippen molar-refractivity contribution in [1.82, 2.24) is 5.32 Å². The van der Waals surface area contributed by atoms with E-state index in [9.17, 15) is 0 Å². The first-order valence-corrected chi connectivity index (χ1v) is 12.3. The Bertz CT molecular complexity index is 782. The van der Waals surface area contributed by atoms with Crippen LogP contribution in [0, 0.1) is 23.7 Å². The van der Waals surface area contributed by atoms with Gasteiger partial charge >= 0.3 is 0 Å². The van der Waals surface area contributed by atoms with Gasteiger partial charge in [0.1, 0.15) is 0 Å². The lowest BCUT2D eigenvalue weighted by molar-refractivity contribution is -0.0134. The molecule has 4 fully saturated rings. The first-order chi connectivity index (χ1) is 13.8. The van der Waals surface area contributed by atoms with Crippen LogP contribution in [0.3, 0.4) is 0 Å². The van der Waals surface area contributed by atoms with E-state index in [0.717, 1.165) is 47.0 Å². The molecule has 6 rings (SSSR count). The summed E-state index contributed by atoms with van der Waals surface area (Å²) in [5.41, 5.74) is 2.51. The molecule has 0 aliphatic heterocycles. The van der Waals surface area contributed by atoms with Gasteiger partial charge in [0.25, 0.3) is 0 Å². The van der Waals surface area contributed by atoms with Crippen LogP contribution in [0.4, 0.5) is 0 Å². The molecule has 4 heteroatoms. The fraction of sp³-hybridized carbons (Fsp3) is 0.520. The van der Waals surface area contributed by atoms with Crippen LogP contribution in [-0.2, 0) is 0 Å². The van der Waals surface area contributed by atoms with Crippen LogP contribution in [0.1, 0.15) is 38.5 Å². The molecule has 156 valence electrons. The van der Waals surface area contributed by atoms with Crippen molar-refractivity contribution in [3.8, 4) is 11.1 Å². The van der Waals surface area contributed by atoms with Crippen molar-refractivity contribution < 1.29 is 0 Å². The fourth-order valence-corrected chi connectivity index (χ4v) is 7.43. The first kappa shape index (κ1) is 21.6. The van der Waals surface area contributed by atoms with Crippen molar-refractivity contribution in [2.24, 2.45) is 23.7 Å². The Hall–Kier alpha value is -0.670. The number of hydrogen-bond acceptors (Lipinski definition) is 2. The number of hydrogen-bond donors (Lipinski definition) is 1. The van der Waals surface area contributed by atoms with Crippen molar-refractivity contribution in [3.63, 3.8) is 0 Å². The second-order valence-electron chi connectivity index (χ2n) is 9.12. The third-order valence-corrected chi connectivity index (χ3v) is 8.61. The minimum atomic E-state index is 0. The van der Waals surface area contributed by atoms with Crippen LogP contribution < -0.4 is 5.32 Å². The summed E-state index contributed by atoms with van der Waals surface area (Å²) in [7, 11) is 0. The molecule has 0 spiro atoms. The van der Waals surface area contributed by atoms with Gasteiger partial charge in [0.2, 0.25) is 0 Å². The first-order valence-electron chi connectivity index (χ1n) is 11.0. The standard InChI is InChI=1S/C25H30ClNS.ClH/c26-22-7-8-24(23(16-22)19-5-2-1-3-6-19)28-10-4-9-27-25-20-12-17-11-18(14-20)15-21(25)13-17;/h1-3,5-8,16-18,20-21,25,27H,4,9-15H2;1H. The molecular formula is C25H31Cl2NS. The topological polar surface area (TPSA) is 12.0 Å². The van der Waals surface area contributed by atoms with E-state index in [1.807, 2.05) is 17.8 Å². The maximum atomic E-state index is 6.28. The molecule has 1 nitrogen and oxygen atoms in total. The summed E-state index contributed by atoms with van der Waals surface area (Å²) in [5, 5.41) is 4.78. The van der Waals surface area contributed by atoms with Crippen LogP contribution in [0.5, 0.6) is 0 Å². The molecule has 0 radical (unpaired) electrons. The van der Waals surface area contributed by atoms with Gasteiger partial charge in [-0.2, -0.15) is 0 Å². The van der Waals surface area contributed by atoms with Crippen molar-refractivity contribution in [3.05, 3.63) is 53.6 Å². The molecule has 2 aromatic carbocycles. The highest BCUT2D eigenvalue weighted by Gasteiger charge is 2.47. The fourth-order valence-electron chi connectivity index (χ4n) is 6.25. The summed E-state index contributed by atoms with van der Waals surface area (Å²) < 4.78 is 0. The monoisotopic (exact) mass is 447 g/mol. The minimum Gasteiger partial charge on any atom is -0.313 e. The number of benzene rings is 2. The van der Waals surface area contributed by atoms with Gasteiger partial charge in [0.15, 0.2) is 0 Å². The quantitative estimate of drug-likeness (QED) is 0.352. The second kappa shape index (κ2) is 9.64. The van der Waals surface area contributed by atoms with Crippen LogP contribution in [-0.4, -0.2) is 18.3 Å². The van der Waals surface area contributed by atoms with E-state index in [2.05, 4.69) is 47.8 Å². The van der Waals surface area contributed by atoms with E-state index in [1.54, 1.807) is 6.42 Å². The van der Waals surface area contributed by atoms with Crippen molar-refractivity contribution in [2.75, 3.05) is 12.3 Å². The summed E-state index contributed by atoms with van der Waals surface area (Å²) >= 11 is 8.24. The van der Waals surface area contributed by atoms with Crippen molar-refractivity contribution in [1.29, 1.82) is 0 Å². The molecule has 4 saturated carbocycles. The number of rotatable bonds is 7. The van der Waals surface area contributed by atoms with Crippen LogP contribution in [0.25, 0.3) is 11.1 Å². The Morgan fingerprint density at radius 1 is 0.897 bits per heavy atom. The Balaban J connectivity index is 0.00000205. The van der Waals surface area contributed by atoms with Gasteiger partial charge in [-0.05, 0) is 104 Å². The lowest BCUT2D eigenvalue weighted by atomic mass is 9.54. The van der Waals surface area contributed by atoms with Crippen LogP contribution in [0.2, 0.25) is 5.02 Å². The van der Waals surface area contributed by atoms with Gasteiger partial charge in [-0.25, -0.2) is 0 Å². The molecule has 4 aliphatic rings. The molecule has 0 aromatic heterocycles. The van der Waals surface area contributed by atoms with E-state index < -0.39 is 0 Å². The van der Waals surface area contributed by atoms with E-state index in [0.29, 0.717) is 0 Å². The van der Waals surface area contributed by atoms with Gasteiger partial charge in [-0.15, -0.1) is 24.2 Å². The summed E-state index contributed by atoms with van der Waals surface area (Å²) in [4.78, 5) is 1.34. The molecule has 29 heavy (non-hydrogen) atoms. The normalized spacial score (nSPS) is 29.6. The summed E-state index contributed by atoms with van der Waals surface area (Å²) in [5.74, 6) is 5.24. The zero-order valence-corrected chi connectivity index (χ0v) is 19.2. The number of thioether (sulfide) groups is 1. The third kappa shape index (κ3) is 4.82. The molecule has 1 N–H and O–H groups in total. The molecule has 4 aliphatic carbocycles. The predicted molar refractivity (Wildman–Crippen MR) is 128 cm³/mol. The Morgan fingerprint density at radius 2 is 1.59 bits per heavy atom. The summed E-state index contributed by atoms with van der Waals surface area (Å²) in [6, 6.07) is 17.7. The van der Waals surface area contributed by atoms with E-state index in [-0.39, 0.29) is 12.4 Å². The Kier molecular flexibility index (Phi) is 7.17. The van der Waals surface area contributed by atoms with E-state index >= 15 is 0 Å². The predicted octanol–water partition coefficient (Wildman–Crippen LogP) is 7.33. The number of nitrogens with one attached hydrogen (secondary N) is 1.